The highest BCUT2D eigenvalue weighted by Crippen LogP contribution is 2.26. The van der Waals surface area contributed by atoms with Crippen molar-refractivity contribution in [2.45, 2.75) is 29.8 Å². The largest absolute Gasteiger partial charge is 0.508 e. The third kappa shape index (κ3) is 2.00. The Morgan fingerprint density at radius 3 is 2.50 bits per heavy atom. The van der Waals surface area contributed by atoms with E-state index in [2.05, 4.69) is 5.32 Å². The second-order valence-corrected chi connectivity index (χ2v) is 6.90. The molecule has 2 fully saturated rings. The van der Waals surface area contributed by atoms with Crippen molar-refractivity contribution in [1.82, 2.24) is 9.62 Å². The zero-order valence-electron chi connectivity index (χ0n) is 9.91. The van der Waals surface area contributed by atoms with Gasteiger partial charge in [0, 0.05) is 25.2 Å². The van der Waals surface area contributed by atoms with Crippen LogP contribution in [0.15, 0.2) is 29.2 Å². The first-order valence-electron chi connectivity index (χ1n) is 6.11. The van der Waals surface area contributed by atoms with Crippen molar-refractivity contribution < 1.29 is 13.5 Å². The van der Waals surface area contributed by atoms with Gasteiger partial charge < -0.3 is 10.4 Å². The van der Waals surface area contributed by atoms with Gasteiger partial charge in [-0.25, -0.2) is 8.42 Å². The van der Waals surface area contributed by atoms with Gasteiger partial charge in [-0.15, -0.1) is 0 Å². The first kappa shape index (κ1) is 12.0. The number of hydrogen-bond donors (Lipinski definition) is 2. The van der Waals surface area contributed by atoms with E-state index in [1.54, 1.807) is 6.07 Å². The average molecular weight is 268 g/mol. The van der Waals surface area contributed by atoms with Crippen LogP contribution in [-0.2, 0) is 10.0 Å². The molecule has 1 aromatic carbocycles. The van der Waals surface area contributed by atoms with Gasteiger partial charge in [0.05, 0.1) is 4.90 Å². The van der Waals surface area contributed by atoms with Crippen LogP contribution in [0, 0.1) is 0 Å². The van der Waals surface area contributed by atoms with Crippen LogP contribution in [-0.4, -0.2) is 43.0 Å². The third-order valence-electron chi connectivity index (χ3n) is 3.64. The maximum Gasteiger partial charge on any atom is 0.243 e. The normalized spacial score (nSPS) is 28.4. The molecule has 2 aliphatic rings. The van der Waals surface area contributed by atoms with Gasteiger partial charge in [-0.2, -0.15) is 4.31 Å². The van der Waals surface area contributed by atoms with Gasteiger partial charge in [-0.05, 0) is 31.0 Å². The van der Waals surface area contributed by atoms with Crippen molar-refractivity contribution in [1.29, 1.82) is 0 Å². The number of fused-ring (bicyclic) bond motifs is 2. The van der Waals surface area contributed by atoms with Crippen molar-refractivity contribution >= 4 is 10.0 Å². The smallest absolute Gasteiger partial charge is 0.243 e. The van der Waals surface area contributed by atoms with Crippen LogP contribution in [0.1, 0.15) is 12.8 Å². The number of nitrogens with one attached hydrogen (secondary N) is 1. The van der Waals surface area contributed by atoms with E-state index >= 15 is 0 Å². The van der Waals surface area contributed by atoms with Crippen LogP contribution in [0.25, 0.3) is 0 Å². The van der Waals surface area contributed by atoms with Gasteiger partial charge in [-0.1, -0.05) is 6.07 Å². The lowest BCUT2D eigenvalue weighted by Gasteiger charge is -2.31. The average Bonchev–Trinajstić information content (AvgIpc) is 2.68. The topological polar surface area (TPSA) is 69.6 Å². The summed E-state index contributed by atoms with van der Waals surface area (Å²) in [7, 11) is -3.48. The number of phenolic OH excluding ortho intramolecular Hbond substituents is 1. The molecule has 0 aromatic heterocycles. The Morgan fingerprint density at radius 2 is 1.89 bits per heavy atom. The van der Waals surface area contributed by atoms with E-state index in [9.17, 15) is 13.5 Å². The molecule has 0 radical (unpaired) electrons. The van der Waals surface area contributed by atoms with E-state index in [-0.39, 0.29) is 22.7 Å². The Labute approximate surface area is 106 Å². The summed E-state index contributed by atoms with van der Waals surface area (Å²) in [6, 6.07) is 6.41. The van der Waals surface area contributed by atoms with E-state index in [4.69, 9.17) is 0 Å². The van der Waals surface area contributed by atoms with E-state index in [1.807, 2.05) is 0 Å². The summed E-state index contributed by atoms with van der Waals surface area (Å²) in [5.41, 5.74) is 0. The molecule has 5 nitrogen and oxygen atoms in total. The Balaban J connectivity index is 1.91. The Hall–Kier alpha value is -1.11. The van der Waals surface area contributed by atoms with Crippen LogP contribution in [0.5, 0.6) is 5.75 Å². The minimum atomic E-state index is -3.48. The Bertz CT molecular complexity index is 546. The zero-order chi connectivity index (χ0) is 12.8. The summed E-state index contributed by atoms with van der Waals surface area (Å²) < 4.78 is 26.4. The predicted molar refractivity (Wildman–Crippen MR) is 66.8 cm³/mol. The molecule has 2 heterocycles. The van der Waals surface area contributed by atoms with Crippen LogP contribution in [0.4, 0.5) is 0 Å². The molecule has 0 spiro atoms. The molecule has 2 bridgehead atoms. The van der Waals surface area contributed by atoms with Crippen molar-refractivity contribution in [2.24, 2.45) is 0 Å². The summed E-state index contributed by atoms with van der Waals surface area (Å²) in [6.07, 6.45) is 2.08. The third-order valence-corrected chi connectivity index (χ3v) is 5.47. The molecule has 0 amide bonds. The van der Waals surface area contributed by atoms with E-state index in [0.717, 1.165) is 12.8 Å². The number of aromatic hydroxyl groups is 1. The highest BCUT2D eigenvalue weighted by Gasteiger charge is 2.38. The van der Waals surface area contributed by atoms with Gasteiger partial charge in [0.15, 0.2) is 0 Å². The highest BCUT2D eigenvalue weighted by molar-refractivity contribution is 7.89. The molecular weight excluding hydrogens is 252 g/mol. The quantitative estimate of drug-likeness (QED) is 0.820. The molecule has 0 saturated carbocycles. The first-order chi connectivity index (χ1) is 8.55. The molecule has 6 heteroatoms. The lowest BCUT2D eigenvalue weighted by atomic mass is 10.2. The number of benzene rings is 1. The number of sulfonamides is 1. The predicted octanol–water partition coefficient (Wildman–Crippen LogP) is 0.517. The van der Waals surface area contributed by atoms with Crippen LogP contribution in [0.2, 0.25) is 0 Å². The molecule has 3 rings (SSSR count). The SMILES string of the molecule is O=S(=O)(c1cccc(O)c1)N1CC2CCC(C1)N2. The number of piperazine rings is 1. The van der Waals surface area contributed by atoms with Crippen molar-refractivity contribution in [3.05, 3.63) is 24.3 Å². The van der Waals surface area contributed by atoms with Gasteiger partial charge >= 0.3 is 0 Å². The van der Waals surface area contributed by atoms with Crippen molar-refractivity contribution in [3.63, 3.8) is 0 Å². The molecule has 2 aliphatic heterocycles. The van der Waals surface area contributed by atoms with Gasteiger partial charge in [0.1, 0.15) is 5.75 Å². The maximum absolute atomic E-state index is 12.4. The molecule has 18 heavy (non-hydrogen) atoms. The van der Waals surface area contributed by atoms with Crippen molar-refractivity contribution in [2.75, 3.05) is 13.1 Å². The number of phenols is 1. The van der Waals surface area contributed by atoms with Gasteiger partial charge in [0.2, 0.25) is 10.0 Å². The highest BCUT2D eigenvalue weighted by atomic mass is 32.2. The summed E-state index contributed by atoms with van der Waals surface area (Å²) in [5.74, 6) is -0.0193. The standard InChI is InChI=1S/C12H16N2O3S/c15-11-2-1-3-12(6-11)18(16,17)14-7-9-4-5-10(8-14)13-9/h1-3,6,9-10,13,15H,4-5,7-8H2. The molecule has 2 atom stereocenters. The number of nitrogens with zero attached hydrogens (tertiary/aromatic N) is 1. The summed E-state index contributed by atoms with van der Waals surface area (Å²) in [5, 5.41) is 12.8. The molecule has 1 aromatic rings. The minimum absolute atomic E-state index is 0.0193. The van der Waals surface area contributed by atoms with E-state index in [0.29, 0.717) is 13.1 Å². The van der Waals surface area contributed by atoms with Gasteiger partial charge in [-0.3, -0.25) is 0 Å². The number of hydrogen-bond acceptors (Lipinski definition) is 4. The lowest BCUT2D eigenvalue weighted by Crippen LogP contribution is -2.52. The lowest BCUT2D eigenvalue weighted by molar-refractivity contribution is 0.296. The second-order valence-electron chi connectivity index (χ2n) is 4.96. The minimum Gasteiger partial charge on any atom is -0.508 e. The van der Waals surface area contributed by atoms with Gasteiger partial charge in [0.25, 0.3) is 0 Å². The molecular formula is C12H16N2O3S. The Kier molecular flexibility index (Phi) is 2.80. The fraction of sp³-hybridized carbons (Fsp3) is 0.500. The Morgan fingerprint density at radius 1 is 1.22 bits per heavy atom. The second kappa shape index (κ2) is 4.22. The molecule has 2 saturated heterocycles. The van der Waals surface area contributed by atoms with E-state index in [1.165, 1.54) is 22.5 Å². The molecule has 2 unspecified atom stereocenters. The van der Waals surface area contributed by atoms with Crippen LogP contribution < -0.4 is 5.32 Å². The summed E-state index contributed by atoms with van der Waals surface area (Å²) >= 11 is 0. The first-order valence-corrected chi connectivity index (χ1v) is 7.55. The van der Waals surface area contributed by atoms with E-state index < -0.39 is 10.0 Å². The zero-order valence-corrected chi connectivity index (χ0v) is 10.7. The molecule has 98 valence electrons. The number of rotatable bonds is 2. The summed E-state index contributed by atoms with van der Waals surface area (Å²) in [6.45, 7) is 1.04. The monoisotopic (exact) mass is 268 g/mol. The van der Waals surface area contributed by atoms with Crippen LogP contribution in [0.3, 0.4) is 0 Å². The molecule has 0 aliphatic carbocycles. The van der Waals surface area contributed by atoms with Crippen molar-refractivity contribution in [3.8, 4) is 5.75 Å². The molecule has 2 N–H and O–H groups in total. The fourth-order valence-electron chi connectivity index (χ4n) is 2.75. The maximum atomic E-state index is 12.4. The van der Waals surface area contributed by atoms with Crippen LogP contribution >= 0.6 is 0 Å². The summed E-state index contributed by atoms with van der Waals surface area (Å²) in [4.78, 5) is 0.170. The fourth-order valence-corrected chi connectivity index (χ4v) is 4.32.